The van der Waals surface area contributed by atoms with Crippen molar-refractivity contribution in [1.82, 2.24) is 0 Å². The maximum atomic E-state index is 14.9. The van der Waals surface area contributed by atoms with Gasteiger partial charge in [0.15, 0.2) is 42.0 Å². The van der Waals surface area contributed by atoms with Crippen LogP contribution < -0.4 is 14.2 Å². The highest BCUT2D eigenvalue weighted by Crippen LogP contribution is 2.52. The molecule has 0 spiro atoms. The molecule has 2 aliphatic heterocycles. The van der Waals surface area contributed by atoms with Crippen molar-refractivity contribution in [3.05, 3.63) is 52.6 Å². The summed E-state index contributed by atoms with van der Waals surface area (Å²) >= 11 is 0. The average Bonchev–Trinajstić information content (AvgIpc) is 3.23. The van der Waals surface area contributed by atoms with Gasteiger partial charge in [-0.2, -0.15) is 0 Å². The molecule has 70 heavy (non-hydrogen) atoms. The van der Waals surface area contributed by atoms with E-state index < -0.39 is 168 Å². The fourth-order valence-electron chi connectivity index (χ4n) is 7.57. The maximum absolute atomic E-state index is 14.9. The third-order valence-corrected chi connectivity index (χ3v) is 9.84. The molecule has 380 valence electrons. The molecule has 0 N–H and O–H groups in total. The quantitative estimate of drug-likeness (QED) is 0.0950. The molecule has 10 atom stereocenters. The van der Waals surface area contributed by atoms with Gasteiger partial charge in [0.05, 0.1) is 5.56 Å². The molecule has 24 heteroatoms. The van der Waals surface area contributed by atoms with E-state index in [0.717, 1.165) is 69.2 Å². The monoisotopic (exact) mass is 988 g/mol. The number of rotatable bonds is 17. The van der Waals surface area contributed by atoms with E-state index in [2.05, 4.69) is 0 Å². The van der Waals surface area contributed by atoms with Crippen LogP contribution in [0.5, 0.6) is 17.2 Å². The van der Waals surface area contributed by atoms with Crippen molar-refractivity contribution in [3.63, 3.8) is 0 Å². The largest absolute Gasteiger partial charge is 0.463 e. The first-order valence-electron chi connectivity index (χ1n) is 21.3. The van der Waals surface area contributed by atoms with Crippen LogP contribution in [0.3, 0.4) is 0 Å². The summed E-state index contributed by atoms with van der Waals surface area (Å²) in [5.41, 5.74) is -1.70. The number of carbonyl (C=O) groups excluding carboxylic acids is 11. The van der Waals surface area contributed by atoms with E-state index in [9.17, 15) is 52.7 Å². The molecule has 10 unspecified atom stereocenters. The van der Waals surface area contributed by atoms with E-state index in [1.165, 1.54) is 31.2 Å². The molecule has 2 aliphatic rings. The summed E-state index contributed by atoms with van der Waals surface area (Å²) in [4.78, 5) is 143. The number of ketones is 1. The first kappa shape index (κ1) is 55.1. The SMILES string of the molecule is CC(=O)OCC1OC(Oc2c(C)c(OC(C)=O)c(C(=O)c3ccccc3)c(OC(C)=O)c2C2OC(COC(C)=O)C(OC(C)=O)C(OC(C)=O)C2OC(C)=O)C(OC(C)=O)C(OC(C)=O)C1OC(C)=O. The lowest BCUT2D eigenvalue weighted by Crippen LogP contribution is -2.63. The Labute approximate surface area is 399 Å². The van der Waals surface area contributed by atoms with Crippen LogP contribution in [-0.2, 0) is 95.3 Å². The second-order valence-corrected chi connectivity index (χ2v) is 15.6. The van der Waals surface area contributed by atoms with E-state index in [-0.39, 0.29) is 11.1 Å². The van der Waals surface area contributed by atoms with Crippen LogP contribution in [0.2, 0.25) is 0 Å². The van der Waals surface area contributed by atoms with Crippen molar-refractivity contribution < 1.29 is 114 Å². The molecule has 4 rings (SSSR count). The summed E-state index contributed by atoms with van der Waals surface area (Å²) in [7, 11) is 0. The predicted octanol–water partition coefficient (Wildman–Crippen LogP) is 2.34. The minimum Gasteiger partial charge on any atom is -0.463 e. The lowest BCUT2D eigenvalue weighted by atomic mass is 9.86. The molecule has 2 aromatic rings. The third-order valence-electron chi connectivity index (χ3n) is 9.84. The Bertz CT molecular complexity index is 2370. The van der Waals surface area contributed by atoms with Crippen LogP contribution in [0.25, 0.3) is 0 Å². The summed E-state index contributed by atoms with van der Waals surface area (Å²) in [5.74, 6) is -13.2. The van der Waals surface area contributed by atoms with Crippen molar-refractivity contribution in [3.8, 4) is 17.2 Å². The smallest absolute Gasteiger partial charge is 0.308 e. The molecular formula is C46H52O24. The van der Waals surface area contributed by atoms with Gasteiger partial charge in [-0.05, 0) is 6.92 Å². The fourth-order valence-corrected chi connectivity index (χ4v) is 7.57. The molecule has 0 amide bonds. The zero-order valence-corrected chi connectivity index (χ0v) is 39.9. The second kappa shape index (κ2) is 24.2. The van der Waals surface area contributed by atoms with Crippen LogP contribution >= 0.6 is 0 Å². The van der Waals surface area contributed by atoms with Crippen LogP contribution in [0.1, 0.15) is 102 Å². The van der Waals surface area contributed by atoms with Gasteiger partial charge >= 0.3 is 59.7 Å². The van der Waals surface area contributed by atoms with Gasteiger partial charge in [-0.15, -0.1) is 0 Å². The number of esters is 10. The number of benzene rings is 2. The van der Waals surface area contributed by atoms with Crippen LogP contribution in [0.15, 0.2) is 30.3 Å². The Kier molecular flexibility index (Phi) is 19.1. The molecule has 0 radical (unpaired) electrons. The van der Waals surface area contributed by atoms with Crippen molar-refractivity contribution in [2.45, 2.75) is 137 Å². The van der Waals surface area contributed by atoms with Crippen LogP contribution in [-0.4, -0.2) is 134 Å². The first-order valence-corrected chi connectivity index (χ1v) is 21.3. The molecule has 0 aromatic heterocycles. The molecule has 2 aromatic carbocycles. The minimum atomic E-state index is -2.12. The summed E-state index contributed by atoms with van der Waals surface area (Å²) in [6.07, 6.45) is -18.6. The topological polar surface area (TPSA) is 308 Å². The zero-order chi connectivity index (χ0) is 52.3. The lowest BCUT2D eigenvalue weighted by molar-refractivity contribution is -0.289. The van der Waals surface area contributed by atoms with E-state index in [4.69, 9.17) is 61.6 Å². The van der Waals surface area contributed by atoms with Gasteiger partial charge in [-0.25, -0.2) is 0 Å². The van der Waals surface area contributed by atoms with Gasteiger partial charge in [-0.3, -0.25) is 52.7 Å². The summed E-state index contributed by atoms with van der Waals surface area (Å²) in [5, 5.41) is 0. The highest BCUT2D eigenvalue weighted by Gasteiger charge is 2.57. The number of carbonyl (C=O) groups is 11. The summed E-state index contributed by atoms with van der Waals surface area (Å²) in [6, 6.07) is 7.28. The molecule has 24 nitrogen and oxygen atoms in total. The second-order valence-electron chi connectivity index (χ2n) is 15.6. The fraction of sp³-hybridized carbons (Fsp3) is 0.500. The van der Waals surface area contributed by atoms with Gasteiger partial charge in [0.25, 0.3) is 0 Å². The van der Waals surface area contributed by atoms with Crippen molar-refractivity contribution in [1.29, 1.82) is 0 Å². The van der Waals surface area contributed by atoms with Gasteiger partial charge in [0.1, 0.15) is 42.8 Å². The Morgan fingerprint density at radius 2 is 0.843 bits per heavy atom. The highest BCUT2D eigenvalue weighted by atomic mass is 16.7. The van der Waals surface area contributed by atoms with E-state index in [1.807, 2.05) is 0 Å². The third kappa shape index (κ3) is 14.3. The highest BCUT2D eigenvalue weighted by molar-refractivity contribution is 6.14. The minimum absolute atomic E-state index is 0.0792. The van der Waals surface area contributed by atoms with Gasteiger partial charge < -0.3 is 61.6 Å². The predicted molar refractivity (Wildman–Crippen MR) is 227 cm³/mol. The average molecular weight is 989 g/mol. The van der Waals surface area contributed by atoms with Crippen LogP contribution in [0.4, 0.5) is 0 Å². The summed E-state index contributed by atoms with van der Waals surface area (Å²) in [6.45, 7) is 9.47. The van der Waals surface area contributed by atoms with E-state index in [0.29, 0.717) is 0 Å². The maximum Gasteiger partial charge on any atom is 0.308 e. The first-order chi connectivity index (χ1) is 32.8. The standard InChI is InChI=1S/C46H52O24/c1-19-36(60-22(4)49)33(35(57)30-15-13-12-14-16-30)40(63-25(7)52)34(41-44(66-28(10)55)42(64-26(8)53)38(61-23(5)50)31(68-41)17-58-20(2)47)37(19)70-46-45(67-29(11)56)43(65-27(9)54)39(62-24(6)51)32(69-46)18-59-21(3)48/h12-16,31-32,38-39,41-46H,17-18H2,1-11H3. The van der Waals surface area contributed by atoms with Gasteiger partial charge in [-0.1, -0.05) is 30.3 Å². The molecule has 0 aliphatic carbocycles. The van der Waals surface area contributed by atoms with E-state index >= 15 is 0 Å². The number of hydrogen-bond donors (Lipinski definition) is 0. The normalized spacial score (nSPS) is 23.7. The van der Waals surface area contributed by atoms with Gasteiger partial charge in [0.2, 0.25) is 18.2 Å². The molecule has 2 fully saturated rings. The Hall–Kier alpha value is -7.47. The van der Waals surface area contributed by atoms with Crippen molar-refractivity contribution in [2.24, 2.45) is 0 Å². The Balaban J connectivity index is 2.29. The Morgan fingerprint density at radius 1 is 0.443 bits per heavy atom. The molecule has 0 bridgehead atoms. The molecule has 2 heterocycles. The molecular weight excluding hydrogens is 936 g/mol. The number of ether oxygens (including phenoxy) is 13. The van der Waals surface area contributed by atoms with Gasteiger partial charge in [0, 0.05) is 80.4 Å². The molecule has 0 saturated carbocycles. The summed E-state index contributed by atoms with van der Waals surface area (Å²) < 4.78 is 75.0. The molecule has 2 saturated heterocycles. The lowest BCUT2D eigenvalue weighted by Gasteiger charge is -2.46. The Morgan fingerprint density at radius 3 is 1.29 bits per heavy atom. The van der Waals surface area contributed by atoms with Crippen molar-refractivity contribution >= 4 is 65.5 Å². The zero-order valence-electron chi connectivity index (χ0n) is 39.9. The van der Waals surface area contributed by atoms with Crippen molar-refractivity contribution in [2.75, 3.05) is 13.2 Å². The van der Waals surface area contributed by atoms with E-state index in [1.54, 1.807) is 6.07 Å². The van der Waals surface area contributed by atoms with Crippen LogP contribution in [0, 0.1) is 6.92 Å². The number of hydrogen-bond acceptors (Lipinski definition) is 24.